The largest absolute Gasteiger partial charge is 0.376 e. The summed E-state index contributed by atoms with van der Waals surface area (Å²) in [6.45, 7) is 0.432. The van der Waals surface area contributed by atoms with Crippen LogP contribution in [0, 0.1) is 10.1 Å². The number of hydrogen-bond donors (Lipinski definition) is 2. The van der Waals surface area contributed by atoms with Crippen LogP contribution >= 0.6 is 11.6 Å². The monoisotopic (exact) mass is 319 g/mol. The van der Waals surface area contributed by atoms with Crippen LogP contribution in [0.1, 0.15) is 5.56 Å². The van der Waals surface area contributed by atoms with Crippen molar-refractivity contribution in [3.8, 4) is 0 Å². The number of carbonyl (C=O) groups excluding carboxylic acids is 1. The Bertz CT molecular complexity index is 674. The number of benzene rings is 2. The van der Waals surface area contributed by atoms with Gasteiger partial charge in [0.2, 0.25) is 5.91 Å². The van der Waals surface area contributed by atoms with Crippen LogP contribution in [0.25, 0.3) is 0 Å². The van der Waals surface area contributed by atoms with Crippen molar-refractivity contribution in [2.24, 2.45) is 0 Å². The molecular formula is C15H14ClN3O3. The van der Waals surface area contributed by atoms with Gasteiger partial charge in [0, 0.05) is 29.4 Å². The van der Waals surface area contributed by atoms with Crippen molar-refractivity contribution < 1.29 is 9.72 Å². The molecule has 0 saturated carbocycles. The van der Waals surface area contributed by atoms with E-state index >= 15 is 0 Å². The minimum absolute atomic E-state index is 0.0217. The van der Waals surface area contributed by atoms with Crippen molar-refractivity contribution in [1.82, 2.24) is 5.32 Å². The van der Waals surface area contributed by atoms with Gasteiger partial charge in [0.25, 0.3) is 5.69 Å². The molecule has 0 saturated heterocycles. The molecule has 0 heterocycles. The lowest BCUT2D eigenvalue weighted by Gasteiger charge is -2.08. The van der Waals surface area contributed by atoms with E-state index in [4.69, 9.17) is 11.6 Å². The van der Waals surface area contributed by atoms with Crippen molar-refractivity contribution in [1.29, 1.82) is 0 Å². The van der Waals surface area contributed by atoms with Crippen molar-refractivity contribution in [3.63, 3.8) is 0 Å². The van der Waals surface area contributed by atoms with Crippen LogP contribution in [0.5, 0.6) is 0 Å². The standard InChI is InChI=1S/C15H14ClN3O3/c16-12-6-4-11(5-7-12)9-18-15(20)10-17-13-2-1-3-14(8-13)19(21)22/h1-8,17H,9-10H2,(H,18,20). The number of carbonyl (C=O) groups is 1. The number of rotatable bonds is 6. The Morgan fingerprint density at radius 3 is 2.59 bits per heavy atom. The van der Waals surface area contributed by atoms with E-state index in [-0.39, 0.29) is 18.1 Å². The zero-order valence-corrected chi connectivity index (χ0v) is 12.3. The van der Waals surface area contributed by atoms with Crippen molar-refractivity contribution >= 4 is 28.9 Å². The van der Waals surface area contributed by atoms with Gasteiger partial charge in [-0.15, -0.1) is 0 Å². The molecule has 0 unspecified atom stereocenters. The summed E-state index contributed by atoms with van der Waals surface area (Å²) in [4.78, 5) is 21.9. The van der Waals surface area contributed by atoms with Gasteiger partial charge in [0.1, 0.15) is 0 Å². The van der Waals surface area contributed by atoms with Crippen LogP contribution in [0.15, 0.2) is 48.5 Å². The Kier molecular flexibility index (Phi) is 5.32. The number of nitrogens with one attached hydrogen (secondary N) is 2. The Morgan fingerprint density at radius 1 is 1.18 bits per heavy atom. The summed E-state index contributed by atoms with van der Waals surface area (Å²) in [5.74, 6) is -0.207. The summed E-state index contributed by atoms with van der Waals surface area (Å²) >= 11 is 5.78. The summed E-state index contributed by atoms with van der Waals surface area (Å²) < 4.78 is 0. The molecule has 1 amide bonds. The van der Waals surface area contributed by atoms with Gasteiger partial charge < -0.3 is 10.6 Å². The average Bonchev–Trinajstić information content (AvgIpc) is 2.52. The number of nitro groups is 1. The summed E-state index contributed by atoms with van der Waals surface area (Å²) in [7, 11) is 0. The maximum absolute atomic E-state index is 11.7. The fourth-order valence-corrected chi connectivity index (χ4v) is 1.90. The predicted molar refractivity (Wildman–Crippen MR) is 84.9 cm³/mol. The predicted octanol–water partition coefficient (Wildman–Crippen LogP) is 2.98. The topological polar surface area (TPSA) is 84.3 Å². The first-order valence-corrected chi connectivity index (χ1v) is 6.92. The van der Waals surface area contributed by atoms with Gasteiger partial charge >= 0.3 is 0 Å². The number of non-ortho nitro benzene ring substituents is 1. The highest BCUT2D eigenvalue weighted by Crippen LogP contribution is 2.16. The highest BCUT2D eigenvalue weighted by molar-refractivity contribution is 6.30. The number of amides is 1. The summed E-state index contributed by atoms with van der Waals surface area (Å²) in [5, 5.41) is 16.9. The van der Waals surface area contributed by atoms with E-state index in [0.717, 1.165) is 5.56 Å². The van der Waals surface area contributed by atoms with E-state index in [9.17, 15) is 14.9 Å². The fraction of sp³-hybridized carbons (Fsp3) is 0.133. The molecule has 114 valence electrons. The normalized spacial score (nSPS) is 10.0. The Balaban J connectivity index is 1.81. The molecule has 0 aliphatic heterocycles. The lowest BCUT2D eigenvalue weighted by atomic mass is 10.2. The molecule has 0 spiro atoms. The van der Waals surface area contributed by atoms with Gasteiger partial charge in [0.05, 0.1) is 11.5 Å². The van der Waals surface area contributed by atoms with Crippen molar-refractivity contribution in [2.45, 2.75) is 6.54 Å². The third kappa shape index (κ3) is 4.75. The Labute approximate surface area is 132 Å². The highest BCUT2D eigenvalue weighted by atomic mass is 35.5. The van der Waals surface area contributed by atoms with E-state index in [1.807, 2.05) is 12.1 Å². The summed E-state index contributed by atoms with van der Waals surface area (Å²) in [5.41, 5.74) is 1.44. The molecule has 7 heteroatoms. The second kappa shape index (κ2) is 7.42. The number of nitrogens with zero attached hydrogens (tertiary/aromatic N) is 1. The second-order valence-corrected chi connectivity index (χ2v) is 5.00. The van der Waals surface area contributed by atoms with Gasteiger partial charge in [0.15, 0.2) is 0 Å². The van der Waals surface area contributed by atoms with Crippen molar-refractivity contribution in [3.05, 3.63) is 69.2 Å². The van der Waals surface area contributed by atoms with Crippen LogP contribution in [-0.4, -0.2) is 17.4 Å². The molecule has 2 aromatic rings. The Morgan fingerprint density at radius 2 is 1.91 bits per heavy atom. The molecule has 0 bridgehead atoms. The molecule has 6 nitrogen and oxygen atoms in total. The SMILES string of the molecule is O=C(CNc1cccc([N+](=O)[O-])c1)NCc1ccc(Cl)cc1. The van der Waals surface area contributed by atoms with Gasteiger partial charge in [-0.25, -0.2) is 0 Å². The van der Waals surface area contributed by atoms with Gasteiger partial charge in [-0.05, 0) is 23.8 Å². The number of halogens is 1. The molecule has 2 N–H and O–H groups in total. The van der Waals surface area contributed by atoms with Crippen LogP contribution < -0.4 is 10.6 Å². The molecule has 2 rings (SSSR count). The third-order valence-electron chi connectivity index (χ3n) is 2.91. The maximum atomic E-state index is 11.7. The summed E-state index contributed by atoms with van der Waals surface area (Å²) in [6.07, 6.45) is 0. The molecule has 0 aliphatic rings. The quantitative estimate of drug-likeness (QED) is 0.633. The van der Waals surface area contributed by atoms with Gasteiger partial charge in [-0.3, -0.25) is 14.9 Å². The zero-order valence-electron chi connectivity index (χ0n) is 11.6. The van der Waals surface area contributed by atoms with E-state index in [1.54, 1.807) is 24.3 Å². The number of anilines is 1. The second-order valence-electron chi connectivity index (χ2n) is 4.56. The van der Waals surface area contributed by atoms with Gasteiger partial charge in [-0.2, -0.15) is 0 Å². The highest BCUT2D eigenvalue weighted by Gasteiger charge is 2.06. The Hall–Kier alpha value is -2.60. The van der Waals surface area contributed by atoms with E-state index in [0.29, 0.717) is 17.3 Å². The van der Waals surface area contributed by atoms with Crippen LogP contribution in [-0.2, 0) is 11.3 Å². The smallest absolute Gasteiger partial charge is 0.271 e. The van der Waals surface area contributed by atoms with Crippen LogP contribution in [0.3, 0.4) is 0 Å². The van der Waals surface area contributed by atoms with Gasteiger partial charge in [-0.1, -0.05) is 29.8 Å². The average molecular weight is 320 g/mol. The molecule has 0 radical (unpaired) electrons. The third-order valence-corrected chi connectivity index (χ3v) is 3.16. The molecule has 0 atom stereocenters. The molecule has 0 aromatic heterocycles. The first kappa shape index (κ1) is 15.8. The van der Waals surface area contributed by atoms with Crippen LogP contribution in [0.2, 0.25) is 5.02 Å². The molecule has 0 fully saturated rings. The lowest BCUT2D eigenvalue weighted by Crippen LogP contribution is -2.29. The number of nitro benzene ring substituents is 1. The zero-order chi connectivity index (χ0) is 15.9. The minimum atomic E-state index is -0.480. The molecule has 0 aliphatic carbocycles. The fourth-order valence-electron chi connectivity index (χ4n) is 1.78. The first-order valence-electron chi connectivity index (χ1n) is 6.54. The molecule has 2 aromatic carbocycles. The van der Waals surface area contributed by atoms with Crippen LogP contribution in [0.4, 0.5) is 11.4 Å². The maximum Gasteiger partial charge on any atom is 0.271 e. The van der Waals surface area contributed by atoms with E-state index < -0.39 is 4.92 Å². The van der Waals surface area contributed by atoms with Crippen molar-refractivity contribution in [2.75, 3.05) is 11.9 Å². The number of hydrogen-bond acceptors (Lipinski definition) is 4. The summed E-state index contributed by atoms with van der Waals surface area (Å²) in [6, 6.07) is 13.2. The van der Waals surface area contributed by atoms with E-state index in [1.165, 1.54) is 12.1 Å². The first-order chi connectivity index (χ1) is 10.5. The molecule has 22 heavy (non-hydrogen) atoms. The van der Waals surface area contributed by atoms with E-state index in [2.05, 4.69) is 10.6 Å². The lowest BCUT2D eigenvalue weighted by molar-refractivity contribution is -0.384. The minimum Gasteiger partial charge on any atom is -0.376 e. The molecular weight excluding hydrogens is 306 g/mol.